The quantitative estimate of drug-likeness (QED) is 0.312. The molecule has 1 heterocycles. The fourth-order valence-electron chi connectivity index (χ4n) is 6.08. The molecule has 0 amide bonds. The zero-order valence-electron chi connectivity index (χ0n) is 20.3. The van der Waals surface area contributed by atoms with Crippen LogP contribution in [0.5, 0.6) is 0 Å². The Labute approximate surface area is 191 Å². The Kier molecular flexibility index (Phi) is 10.8. The maximum absolute atomic E-state index is 15.0. The molecule has 0 aromatic carbocycles. The lowest BCUT2D eigenvalue weighted by Gasteiger charge is -2.34. The van der Waals surface area contributed by atoms with Gasteiger partial charge in [0.15, 0.2) is 0 Å². The number of hydrogen-bond acceptors (Lipinski definition) is 2. The number of alkyl halides is 1. The van der Waals surface area contributed by atoms with E-state index in [4.69, 9.17) is 0 Å². The van der Waals surface area contributed by atoms with Gasteiger partial charge >= 0.3 is 0 Å². The van der Waals surface area contributed by atoms with Gasteiger partial charge in [-0.1, -0.05) is 78.1 Å². The van der Waals surface area contributed by atoms with Crippen molar-refractivity contribution in [1.82, 2.24) is 10.2 Å². The maximum Gasteiger partial charge on any atom is 0.103 e. The molecule has 0 aliphatic heterocycles. The second-order valence-corrected chi connectivity index (χ2v) is 10.7. The number of halogens is 1. The number of rotatable bonds is 12. The molecule has 3 heteroatoms. The van der Waals surface area contributed by atoms with Gasteiger partial charge in [0.1, 0.15) is 6.17 Å². The van der Waals surface area contributed by atoms with Gasteiger partial charge in [0.25, 0.3) is 0 Å². The maximum atomic E-state index is 15.0. The molecular formula is C28H47FN2. The summed E-state index contributed by atoms with van der Waals surface area (Å²) in [6.07, 6.45) is 19.8. The van der Waals surface area contributed by atoms with E-state index in [1.807, 2.05) is 0 Å². The van der Waals surface area contributed by atoms with Gasteiger partial charge in [-0.05, 0) is 80.8 Å². The molecule has 3 rings (SSSR count). The van der Waals surface area contributed by atoms with Crippen LogP contribution in [0.3, 0.4) is 0 Å². The molecule has 0 saturated heterocycles. The predicted octanol–water partition coefficient (Wildman–Crippen LogP) is 8.28. The van der Waals surface area contributed by atoms with Crippen LogP contribution in [0.1, 0.15) is 122 Å². The Balaban J connectivity index is 1.30. The number of unbranched alkanes of at least 4 members (excludes halogenated alkanes) is 2. The van der Waals surface area contributed by atoms with E-state index in [0.717, 1.165) is 55.3 Å². The van der Waals surface area contributed by atoms with Gasteiger partial charge in [-0.25, -0.2) is 4.39 Å². The smallest absolute Gasteiger partial charge is 0.103 e. The van der Waals surface area contributed by atoms with E-state index in [1.54, 1.807) is 0 Å². The molecule has 0 bridgehead atoms. The first-order chi connectivity index (χ1) is 15.2. The second kappa shape index (κ2) is 13.5. The van der Waals surface area contributed by atoms with Crippen LogP contribution in [-0.4, -0.2) is 16.4 Å². The van der Waals surface area contributed by atoms with E-state index in [0.29, 0.717) is 11.8 Å². The van der Waals surface area contributed by atoms with Crippen LogP contribution in [0, 0.1) is 23.7 Å². The Hall–Kier alpha value is -0.990. The highest BCUT2D eigenvalue weighted by molar-refractivity contribution is 5.07. The van der Waals surface area contributed by atoms with Gasteiger partial charge in [-0.15, -0.1) is 0 Å². The molecular weight excluding hydrogens is 383 g/mol. The van der Waals surface area contributed by atoms with E-state index in [1.165, 1.54) is 77.0 Å². The second-order valence-electron chi connectivity index (χ2n) is 10.7. The molecule has 0 radical (unpaired) electrons. The lowest BCUT2D eigenvalue weighted by atomic mass is 9.73. The Morgan fingerprint density at radius 3 is 1.94 bits per heavy atom. The lowest BCUT2D eigenvalue weighted by molar-refractivity contribution is 0.114. The largest absolute Gasteiger partial charge is 0.247 e. The van der Waals surface area contributed by atoms with Crippen molar-refractivity contribution >= 4 is 0 Å². The topological polar surface area (TPSA) is 25.8 Å². The molecule has 1 aromatic rings. The Morgan fingerprint density at radius 1 is 0.742 bits per heavy atom. The van der Waals surface area contributed by atoms with Crippen molar-refractivity contribution in [3.8, 4) is 0 Å². The van der Waals surface area contributed by atoms with Crippen LogP contribution >= 0.6 is 0 Å². The van der Waals surface area contributed by atoms with Gasteiger partial charge in [0.2, 0.25) is 0 Å². The van der Waals surface area contributed by atoms with Crippen LogP contribution < -0.4 is 0 Å². The fraction of sp³-hybridized carbons (Fsp3) is 0.857. The Morgan fingerprint density at radius 2 is 1.32 bits per heavy atom. The highest BCUT2D eigenvalue weighted by atomic mass is 19.1. The molecule has 2 fully saturated rings. The zero-order valence-corrected chi connectivity index (χ0v) is 20.3. The summed E-state index contributed by atoms with van der Waals surface area (Å²) in [7, 11) is 0. The highest BCUT2D eigenvalue weighted by Crippen LogP contribution is 2.39. The SMILES string of the molecule is CCCCCc1ccc(CCC2CCC(CC(F)C3CCC(CCC)CC3)CC2)nn1. The summed E-state index contributed by atoms with van der Waals surface area (Å²) >= 11 is 0. The highest BCUT2D eigenvalue weighted by Gasteiger charge is 2.30. The first-order valence-corrected chi connectivity index (χ1v) is 13.6. The van der Waals surface area contributed by atoms with Crippen LogP contribution in [0.4, 0.5) is 4.39 Å². The van der Waals surface area contributed by atoms with Crippen molar-refractivity contribution in [1.29, 1.82) is 0 Å². The standard InChI is InChI=1S/C28H47FN2/c1-3-5-6-8-26-19-20-27(31-30-26)18-15-23-9-11-24(12-10-23)21-28(29)25-16-13-22(7-4-2)14-17-25/h19-20,22-25,28H,3-18,21H2,1-2H3. The minimum atomic E-state index is -0.546. The van der Waals surface area contributed by atoms with Crippen LogP contribution in [0.2, 0.25) is 0 Å². The van der Waals surface area contributed by atoms with Gasteiger partial charge in [0.05, 0.1) is 11.4 Å². The first-order valence-electron chi connectivity index (χ1n) is 13.6. The molecule has 0 N–H and O–H groups in total. The van der Waals surface area contributed by atoms with E-state index in [-0.39, 0.29) is 0 Å². The van der Waals surface area contributed by atoms with E-state index >= 15 is 0 Å². The van der Waals surface area contributed by atoms with E-state index < -0.39 is 6.17 Å². The third-order valence-electron chi connectivity index (χ3n) is 8.24. The summed E-state index contributed by atoms with van der Waals surface area (Å²) in [4.78, 5) is 0. The molecule has 0 spiro atoms. The third kappa shape index (κ3) is 8.46. The fourth-order valence-corrected chi connectivity index (χ4v) is 6.08. The van der Waals surface area contributed by atoms with Gasteiger partial charge in [-0.2, -0.15) is 10.2 Å². The molecule has 176 valence electrons. The predicted molar refractivity (Wildman–Crippen MR) is 129 cm³/mol. The lowest BCUT2D eigenvalue weighted by Crippen LogP contribution is -2.26. The van der Waals surface area contributed by atoms with Gasteiger partial charge < -0.3 is 0 Å². The molecule has 1 aromatic heterocycles. The van der Waals surface area contributed by atoms with Crippen LogP contribution in [0.15, 0.2) is 12.1 Å². The number of aromatic nitrogens is 2. The summed E-state index contributed by atoms with van der Waals surface area (Å²) in [5.74, 6) is 2.66. The van der Waals surface area contributed by atoms with Crippen LogP contribution in [-0.2, 0) is 12.8 Å². The third-order valence-corrected chi connectivity index (χ3v) is 8.24. The molecule has 2 nitrogen and oxygen atoms in total. The number of hydrogen-bond donors (Lipinski definition) is 0. The summed E-state index contributed by atoms with van der Waals surface area (Å²) in [5, 5.41) is 8.89. The number of nitrogens with zero attached hydrogens (tertiary/aromatic N) is 2. The van der Waals surface area contributed by atoms with Crippen molar-refractivity contribution in [3.05, 3.63) is 23.5 Å². The minimum Gasteiger partial charge on any atom is -0.247 e. The van der Waals surface area contributed by atoms with Crippen molar-refractivity contribution < 1.29 is 4.39 Å². The molecule has 2 saturated carbocycles. The van der Waals surface area contributed by atoms with Crippen molar-refractivity contribution in [2.45, 2.75) is 129 Å². The first kappa shape index (κ1) is 24.6. The van der Waals surface area contributed by atoms with Crippen molar-refractivity contribution in [2.75, 3.05) is 0 Å². The van der Waals surface area contributed by atoms with E-state index in [2.05, 4.69) is 36.2 Å². The average Bonchev–Trinajstić information content (AvgIpc) is 2.80. The summed E-state index contributed by atoms with van der Waals surface area (Å²) in [5.41, 5.74) is 2.28. The average molecular weight is 431 g/mol. The van der Waals surface area contributed by atoms with Crippen LogP contribution in [0.25, 0.3) is 0 Å². The molecule has 2 aliphatic carbocycles. The number of aryl methyl sites for hydroxylation is 2. The zero-order chi connectivity index (χ0) is 21.9. The van der Waals surface area contributed by atoms with Gasteiger partial charge in [-0.3, -0.25) is 0 Å². The molecule has 1 atom stereocenters. The van der Waals surface area contributed by atoms with Crippen molar-refractivity contribution in [3.63, 3.8) is 0 Å². The Bertz CT molecular complexity index is 586. The normalized spacial score (nSPS) is 27.8. The van der Waals surface area contributed by atoms with Crippen molar-refractivity contribution in [2.24, 2.45) is 23.7 Å². The monoisotopic (exact) mass is 430 g/mol. The van der Waals surface area contributed by atoms with Gasteiger partial charge in [0, 0.05) is 0 Å². The molecule has 2 aliphatic rings. The minimum absolute atomic E-state index is 0.356. The van der Waals surface area contributed by atoms with E-state index in [9.17, 15) is 4.39 Å². The summed E-state index contributed by atoms with van der Waals surface area (Å²) in [6, 6.07) is 4.36. The summed E-state index contributed by atoms with van der Waals surface area (Å²) in [6.45, 7) is 4.51. The molecule has 1 unspecified atom stereocenters. The summed E-state index contributed by atoms with van der Waals surface area (Å²) < 4.78 is 15.0. The molecule has 31 heavy (non-hydrogen) atoms.